The monoisotopic (exact) mass is 706 g/mol. The van der Waals surface area contributed by atoms with E-state index >= 15 is 0 Å². The minimum atomic E-state index is -9.60. The van der Waals surface area contributed by atoms with Crippen LogP contribution in [-0.2, 0) is 4.79 Å². The van der Waals surface area contributed by atoms with Crippen molar-refractivity contribution < 1.29 is 115 Å². The van der Waals surface area contributed by atoms with Crippen LogP contribution in [0.3, 0.4) is 0 Å². The van der Waals surface area contributed by atoms with Gasteiger partial charge in [0.15, 0.2) is 0 Å². The van der Waals surface area contributed by atoms with Crippen LogP contribution < -0.4 is 0 Å². The van der Waals surface area contributed by atoms with Crippen molar-refractivity contribution in [3.63, 3.8) is 0 Å². The molecule has 0 aliphatic heterocycles. The summed E-state index contributed by atoms with van der Waals surface area (Å²) in [5.41, 5.74) is 0. The van der Waals surface area contributed by atoms with Crippen LogP contribution in [-0.4, -0.2) is 87.9 Å². The molecule has 0 bridgehead atoms. The highest BCUT2D eigenvalue weighted by Crippen LogP contribution is 2.67. The highest BCUT2D eigenvalue weighted by atomic mass is 32.1. The molecule has 0 saturated heterocycles. The average molecular weight is 706 g/mol. The molecule has 0 fully saturated rings. The molecular weight excluding hydrogens is 700 g/mol. The van der Waals surface area contributed by atoms with Gasteiger partial charge in [0.2, 0.25) is 0 Å². The second kappa shape index (κ2) is 10.1. The van der Waals surface area contributed by atoms with Crippen molar-refractivity contribution in [2.75, 3.05) is 5.75 Å². The first-order valence-corrected chi connectivity index (χ1v) is 9.77. The van der Waals surface area contributed by atoms with E-state index in [1.54, 1.807) is 0 Å². The number of hydrogen-bond donors (Lipinski definition) is 2. The summed E-state index contributed by atoms with van der Waals surface area (Å²) < 4.78 is 323. The molecule has 0 radical (unpaired) electrons. The average Bonchev–Trinajstić information content (AvgIpc) is 2.77. The summed E-state index contributed by atoms with van der Waals surface area (Å²) in [6.45, 7) is 0. The number of carboxylic acids is 1. The van der Waals surface area contributed by atoms with Gasteiger partial charge in [-0.15, -0.1) is 0 Å². The van der Waals surface area contributed by atoms with Gasteiger partial charge in [-0.05, 0) is 5.75 Å². The first kappa shape index (κ1) is 40.1. The van der Waals surface area contributed by atoms with E-state index in [1.165, 1.54) is 0 Å². The molecule has 1 N–H and O–H groups in total. The largest absolute Gasteiger partial charge is 0.477 e. The van der Waals surface area contributed by atoms with Gasteiger partial charge in [-0.3, -0.25) is 0 Å². The molecule has 0 aliphatic rings. The summed E-state index contributed by atoms with van der Waals surface area (Å²) in [5.74, 6) is -112. The van der Waals surface area contributed by atoms with Gasteiger partial charge in [-0.1, -0.05) is 0 Å². The Morgan fingerprint density at radius 3 is 0.786 bits per heavy atom. The maximum Gasteiger partial charge on any atom is 0.410 e. The summed E-state index contributed by atoms with van der Waals surface area (Å²) in [6, 6.07) is 0. The number of alkyl halides is 24. The summed E-state index contributed by atoms with van der Waals surface area (Å²) in [5, 5.41) is 7.69. The third kappa shape index (κ3) is 4.58. The van der Waals surface area contributed by atoms with Gasteiger partial charge >= 0.3 is 77.0 Å². The highest BCUT2D eigenvalue weighted by Gasteiger charge is 2.99. The topological polar surface area (TPSA) is 37.3 Å². The van der Waals surface area contributed by atoms with Gasteiger partial charge < -0.3 is 5.11 Å². The second-order valence-corrected chi connectivity index (χ2v) is 8.25. The smallest absolute Gasteiger partial charge is 0.410 e. The van der Waals surface area contributed by atoms with E-state index in [9.17, 15) is 110 Å². The first-order valence-electron chi connectivity index (χ1n) is 9.13. The van der Waals surface area contributed by atoms with Gasteiger partial charge in [0, 0.05) is 6.42 Å². The van der Waals surface area contributed by atoms with Gasteiger partial charge in [0.1, 0.15) is 0 Å². The normalized spacial score (nSPS) is 16.6. The summed E-state index contributed by atoms with van der Waals surface area (Å²) in [4.78, 5) is 9.94. The number of hydrogen-bond acceptors (Lipinski definition) is 2. The van der Waals surface area contributed by atoms with Crippen molar-refractivity contribution in [3.05, 3.63) is 0 Å². The van der Waals surface area contributed by atoms with Crippen LogP contribution >= 0.6 is 12.6 Å². The SMILES string of the molecule is O=C(O)C(F)(F)C(F)(F)C(F)(F)C(F)(F)C(F)(F)C(F)(F)C(F)(F)C(F)(F)C(F)(F)C(F)(F)C(F)(F)C(F)(F)CCS. The molecule has 0 amide bonds. The van der Waals surface area contributed by atoms with Gasteiger partial charge in [-0.25, -0.2) is 4.79 Å². The predicted molar refractivity (Wildman–Crippen MR) is 85.5 cm³/mol. The zero-order chi connectivity index (χ0) is 35.0. The molecule has 0 heterocycles. The number of thiol groups is 1. The van der Waals surface area contributed by atoms with Gasteiger partial charge in [-0.2, -0.15) is 118 Å². The van der Waals surface area contributed by atoms with E-state index in [1.807, 2.05) is 0 Å². The van der Waals surface area contributed by atoms with E-state index in [4.69, 9.17) is 5.11 Å². The van der Waals surface area contributed by atoms with Crippen LogP contribution in [0.25, 0.3) is 0 Å². The second-order valence-electron chi connectivity index (χ2n) is 7.80. The summed E-state index contributed by atoms with van der Waals surface area (Å²) in [6.07, 6.45) is -2.83. The maximum atomic E-state index is 13.7. The summed E-state index contributed by atoms with van der Waals surface area (Å²) in [7, 11) is 0. The highest BCUT2D eigenvalue weighted by molar-refractivity contribution is 7.80. The number of halogens is 24. The molecule has 42 heavy (non-hydrogen) atoms. The van der Waals surface area contributed by atoms with Crippen LogP contribution in [0.5, 0.6) is 0 Å². The van der Waals surface area contributed by atoms with E-state index in [2.05, 4.69) is 12.6 Å². The molecule has 0 aromatic heterocycles. The Bertz CT molecular complexity index is 1020. The lowest BCUT2D eigenvalue weighted by Gasteiger charge is -2.45. The van der Waals surface area contributed by atoms with Crippen molar-refractivity contribution >= 4 is 18.6 Å². The number of carbonyl (C=O) groups is 1. The summed E-state index contributed by atoms with van der Waals surface area (Å²) >= 11 is 2.72. The molecule has 0 aromatic carbocycles. The molecule has 0 atom stereocenters. The molecule has 0 aromatic rings. The molecule has 0 rings (SSSR count). The Morgan fingerprint density at radius 2 is 0.595 bits per heavy atom. The van der Waals surface area contributed by atoms with Crippen LogP contribution in [0.15, 0.2) is 0 Å². The molecule has 2 nitrogen and oxygen atoms in total. The van der Waals surface area contributed by atoms with Crippen molar-refractivity contribution in [2.24, 2.45) is 0 Å². The van der Waals surface area contributed by atoms with Crippen LogP contribution in [0.2, 0.25) is 0 Å². The maximum absolute atomic E-state index is 13.7. The predicted octanol–water partition coefficient (Wildman–Crippen LogP) is 8.01. The van der Waals surface area contributed by atoms with E-state index < -0.39 is 89.2 Å². The van der Waals surface area contributed by atoms with Crippen molar-refractivity contribution in [1.82, 2.24) is 0 Å². The van der Waals surface area contributed by atoms with E-state index in [0.717, 1.165) is 0 Å². The first-order chi connectivity index (χ1) is 17.8. The zero-order valence-corrected chi connectivity index (χ0v) is 19.2. The molecule has 0 aliphatic carbocycles. The Kier molecular flexibility index (Phi) is 9.64. The lowest BCUT2D eigenvalue weighted by molar-refractivity contribution is -0.477. The van der Waals surface area contributed by atoms with Gasteiger partial charge in [0.25, 0.3) is 0 Å². The number of carboxylic acid groups (broad SMARTS) is 1. The molecule has 0 saturated carbocycles. The molecule has 0 spiro atoms. The Labute approximate surface area is 218 Å². The van der Waals surface area contributed by atoms with Gasteiger partial charge in [0.05, 0.1) is 0 Å². The van der Waals surface area contributed by atoms with E-state index in [0.29, 0.717) is 0 Å². The Morgan fingerprint density at radius 1 is 0.405 bits per heavy atom. The molecular formula is C15H6F24O2S. The van der Waals surface area contributed by atoms with E-state index in [-0.39, 0.29) is 0 Å². The lowest BCUT2D eigenvalue weighted by Crippen LogP contribution is -2.78. The van der Waals surface area contributed by atoms with Crippen molar-refractivity contribution in [3.8, 4) is 0 Å². The molecule has 252 valence electrons. The van der Waals surface area contributed by atoms with Crippen LogP contribution in [0.1, 0.15) is 6.42 Å². The molecule has 0 unspecified atom stereocenters. The Hall–Kier alpha value is -1.86. The minimum Gasteiger partial charge on any atom is -0.477 e. The zero-order valence-electron chi connectivity index (χ0n) is 18.3. The third-order valence-corrected chi connectivity index (χ3v) is 5.32. The number of aliphatic carboxylic acids is 1. The third-order valence-electron chi connectivity index (χ3n) is 5.10. The fourth-order valence-electron chi connectivity index (χ4n) is 2.44. The van der Waals surface area contributed by atoms with Crippen molar-refractivity contribution in [2.45, 2.75) is 77.5 Å². The van der Waals surface area contributed by atoms with Crippen LogP contribution in [0.4, 0.5) is 105 Å². The fraction of sp³-hybridized carbons (Fsp3) is 0.933. The molecule has 27 heteroatoms. The van der Waals surface area contributed by atoms with Crippen LogP contribution in [0, 0.1) is 0 Å². The Balaban J connectivity index is 7.39. The standard InChI is InChI=1S/C15H6F24O2S/c16-4(17,1-2-42)6(20,21)8(24,25)10(28,29)12(32,33)14(36,37)15(38,39)13(34,35)11(30,31)9(26,27)7(22,23)5(18,19)3(40)41/h42H,1-2H2,(H,40,41). The number of rotatable bonds is 14. The fourth-order valence-corrected chi connectivity index (χ4v) is 2.72. The minimum absolute atomic E-state index is 1.74. The lowest BCUT2D eigenvalue weighted by atomic mass is 9.84. The van der Waals surface area contributed by atoms with Crippen molar-refractivity contribution in [1.29, 1.82) is 0 Å². The quantitative estimate of drug-likeness (QED) is 0.142.